The second-order valence-electron chi connectivity index (χ2n) is 5.23. The minimum Gasteiger partial charge on any atom is -0.345 e. The van der Waals surface area contributed by atoms with Gasteiger partial charge in [0.25, 0.3) is 5.91 Å². The lowest BCUT2D eigenvalue weighted by atomic mass is 9.95. The summed E-state index contributed by atoms with van der Waals surface area (Å²) in [5, 5.41) is 2.81. The standard InChI is InChI=1S/C17H17F2NO/c1-11(2)16(12-6-4-3-5-7-12)20-17(21)14-9-8-13(18)10-15(14)19/h3-11,16H,1-2H3,(H,20,21). The maximum atomic E-state index is 13.7. The number of benzene rings is 2. The molecule has 2 aromatic rings. The third kappa shape index (κ3) is 3.66. The van der Waals surface area contributed by atoms with Crippen LogP contribution < -0.4 is 5.32 Å². The number of rotatable bonds is 4. The normalized spacial score (nSPS) is 12.2. The molecule has 0 aliphatic rings. The van der Waals surface area contributed by atoms with E-state index >= 15 is 0 Å². The van der Waals surface area contributed by atoms with Gasteiger partial charge in [-0.15, -0.1) is 0 Å². The molecule has 0 fully saturated rings. The number of hydrogen-bond acceptors (Lipinski definition) is 1. The van der Waals surface area contributed by atoms with Crippen molar-refractivity contribution in [2.45, 2.75) is 19.9 Å². The van der Waals surface area contributed by atoms with Crippen LogP contribution in [0.15, 0.2) is 48.5 Å². The molecule has 2 aromatic carbocycles. The van der Waals surface area contributed by atoms with Crippen molar-refractivity contribution in [1.82, 2.24) is 5.32 Å². The fraction of sp³-hybridized carbons (Fsp3) is 0.235. The average Bonchev–Trinajstić information content (AvgIpc) is 2.45. The molecule has 1 unspecified atom stereocenters. The predicted octanol–water partition coefficient (Wildman–Crippen LogP) is 4.09. The van der Waals surface area contributed by atoms with E-state index in [9.17, 15) is 13.6 Å². The Balaban J connectivity index is 2.23. The van der Waals surface area contributed by atoms with Crippen LogP contribution in [0.3, 0.4) is 0 Å². The Bertz CT molecular complexity index is 626. The van der Waals surface area contributed by atoms with Crippen molar-refractivity contribution >= 4 is 5.91 Å². The van der Waals surface area contributed by atoms with Gasteiger partial charge in [0.15, 0.2) is 0 Å². The third-order valence-corrected chi connectivity index (χ3v) is 3.29. The summed E-state index contributed by atoms with van der Waals surface area (Å²) in [6.45, 7) is 3.94. The largest absolute Gasteiger partial charge is 0.345 e. The van der Waals surface area contributed by atoms with Crippen LogP contribution in [0.2, 0.25) is 0 Å². The lowest BCUT2D eigenvalue weighted by Gasteiger charge is -2.23. The van der Waals surface area contributed by atoms with E-state index in [1.54, 1.807) is 0 Å². The average molecular weight is 289 g/mol. The van der Waals surface area contributed by atoms with Crippen LogP contribution in [0.5, 0.6) is 0 Å². The summed E-state index contributed by atoms with van der Waals surface area (Å²) >= 11 is 0. The summed E-state index contributed by atoms with van der Waals surface area (Å²) in [6, 6.07) is 12.2. The summed E-state index contributed by atoms with van der Waals surface area (Å²) in [6.07, 6.45) is 0. The van der Waals surface area contributed by atoms with Crippen LogP contribution >= 0.6 is 0 Å². The van der Waals surface area contributed by atoms with Crippen molar-refractivity contribution in [2.24, 2.45) is 5.92 Å². The van der Waals surface area contributed by atoms with Gasteiger partial charge < -0.3 is 5.32 Å². The Morgan fingerprint density at radius 1 is 1.05 bits per heavy atom. The molecule has 0 saturated heterocycles. The second-order valence-corrected chi connectivity index (χ2v) is 5.23. The van der Waals surface area contributed by atoms with Gasteiger partial charge in [0.1, 0.15) is 11.6 Å². The second kappa shape index (κ2) is 6.48. The monoisotopic (exact) mass is 289 g/mol. The van der Waals surface area contributed by atoms with E-state index in [4.69, 9.17) is 0 Å². The van der Waals surface area contributed by atoms with E-state index in [0.717, 1.165) is 17.7 Å². The van der Waals surface area contributed by atoms with E-state index in [2.05, 4.69) is 5.32 Å². The van der Waals surface area contributed by atoms with Gasteiger partial charge in [-0.05, 0) is 23.6 Å². The summed E-state index contributed by atoms with van der Waals surface area (Å²) in [7, 11) is 0. The van der Waals surface area contributed by atoms with Crippen LogP contribution in [-0.4, -0.2) is 5.91 Å². The van der Waals surface area contributed by atoms with Gasteiger partial charge in [0, 0.05) is 6.07 Å². The number of carbonyl (C=O) groups excluding carboxylic acids is 1. The van der Waals surface area contributed by atoms with Gasteiger partial charge in [-0.25, -0.2) is 8.78 Å². The topological polar surface area (TPSA) is 29.1 Å². The van der Waals surface area contributed by atoms with Crippen LogP contribution in [-0.2, 0) is 0 Å². The molecule has 1 N–H and O–H groups in total. The van der Waals surface area contributed by atoms with Crippen LogP contribution in [0.25, 0.3) is 0 Å². The Labute approximate surface area is 122 Å². The maximum Gasteiger partial charge on any atom is 0.254 e. The summed E-state index contributed by atoms with van der Waals surface area (Å²) in [4.78, 5) is 12.2. The molecule has 0 bridgehead atoms. The van der Waals surface area contributed by atoms with Crippen molar-refractivity contribution in [3.05, 3.63) is 71.3 Å². The lowest BCUT2D eigenvalue weighted by Crippen LogP contribution is -2.32. The molecular weight excluding hydrogens is 272 g/mol. The summed E-state index contributed by atoms with van der Waals surface area (Å²) < 4.78 is 26.5. The quantitative estimate of drug-likeness (QED) is 0.902. The zero-order valence-corrected chi connectivity index (χ0v) is 11.9. The highest BCUT2D eigenvalue weighted by Crippen LogP contribution is 2.22. The number of hydrogen-bond donors (Lipinski definition) is 1. The van der Waals surface area contributed by atoms with Gasteiger partial charge in [0.2, 0.25) is 0 Å². The highest BCUT2D eigenvalue weighted by molar-refractivity contribution is 5.94. The Morgan fingerprint density at radius 3 is 2.29 bits per heavy atom. The van der Waals surface area contributed by atoms with Gasteiger partial charge in [-0.3, -0.25) is 4.79 Å². The SMILES string of the molecule is CC(C)C(NC(=O)c1ccc(F)cc1F)c1ccccc1. The minimum absolute atomic E-state index is 0.139. The first-order valence-corrected chi connectivity index (χ1v) is 6.80. The molecule has 0 spiro atoms. The van der Waals surface area contributed by atoms with E-state index in [-0.39, 0.29) is 17.5 Å². The molecule has 2 rings (SSSR count). The van der Waals surface area contributed by atoms with E-state index in [0.29, 0.717) is 6.07 Å². The molecule has 21 heavy (non-hydrogen) atoms. The summed E-state index contributed by atoms with van der Waals surface area (Å²) in [5.41, 5.74) is 0.793. The molecule has 1 atom stereocenters. The van der Waals surface area contributed by atoms with Crippen molar-refractivity contribution in [1.29, 1.82) is 0 Å². The fourth-order valence-electron chi connectivity index (χ4n) is 2.19. The minimum atomic E-state index is -0.858. The van der Waals surface area contributed by atoms with Crippen molar-refractivity contribution in [3.63, 3.8) is 0 Å². The van der Waals surface area contributed by atoms with Crippen LogP contribution in [0.4, 0.5) is 8.78 Å². The van der Waals surface area contributed by atoms with Gasteiger partial charge in [0.05, 0.1) is 11.6 Å². The smallest absolute Gasteiger partial charge is 0.254 e. The van der Waals surface area contributed by atoms with E-state index in [1.165, 1.54) is 0 Å². The number of amides is 1. The zero-order valence-electron chi connectivity index (χ0n) is 11.9. The molecule has 1 amide bonds. The molecule has 110 valence electrons. The molecule has 4 heteroatoms. The highest BCUT2D eigenvalue weighted by atomic mass is 19.1. The molecule has 0 aliphatic carbocycles. The predicted molar refractivity (Wildman–Crippen MR) is 77.8 cm³/mol. The van der Waals surface area contributed by atoms with Crippen LogP contribution in [0.1, 0.15) is 35.8 Å². The molecule has 0 saturated carbocycles. The molecule has 0 aromatic heterocycles. The van der Waals surface area contributed by atoms with Gasteiger partial charge in [-0.1, -0.05) is 44.2 Å². The number of halogens is 2. The third-order valence-electron chi connectivity index (χ3n) is 3.29. The fourth-order valence-corrected chi connectivity index (χ4v) is 2.19. The highest BCUT2D eigenvalue weighted by Gasteiger charge is 2.20. The van der Waals surface area contributed by atoms with E-state index in [1.807, 2.05) is 44.2 Å². The lowest BCUT2D eigenvalue weighted by molar-refractivity contribution is 0.0921. The maximum absolute atomic E-state index is 13.7. The first-order valence-electron chi connectivity index (χ1n) is 6.80. The molecule has 2 nitrogen and oxygen atoms in total. The first kappa shape index (κ1) is 15.2. The Hall–Kier alpha value is -2.23. The molecule has 0 heterocycles. The first-order chi connectivity index (χ1) is 9.99. The molecular formula is C17H17F2NO. The number of nitrogens with one attached hydrogen (secondary N) is 1. The van der Waals surface area contributed by atoms with E-state index < -0.39 is 17.5 Å². The molecule has 0 aliphatic heterocycles. The number of carbonyl (C=O) groups is 1. The molecule has 0 radical (unpaired) electrons. The Kier molecular flexibility index (Phi) is 4.68. The summed E-state index contributed by atoms with van der Waals surface area (Å²) in [5.74, 6) is -1.97. The van der Waals surface area contributed by atoms with Gasteiger partial charge in [-0.2, -0.15) is 0 Å². The van der Waals surface area contributed by atoms with Crippen molar-refractivity contribution in [3.8, 4) is 0 Å². The van der Waals surface area contributed by atoms with Crippen molar-refractivity contribution < 1.29 is 13.6 Å². The van der Waals surface area contributed by atoms with Crippen molar-refractivity contribution in [2.75, 3.05) is 0 Å². The Morgan fingerprint density at radius 2 is 1.71 bits per heavy atom. The van der Waals surface area contributed by atoms with Gasteiger partial charge >= 0.3 is 0 Å². The van der Waals surface area contributed by atoms with Crippen LogP contribution in [0, 0.1) is 17.6 Å². The zero-order chi connectivity index (χ0) is 15.4.